The second kappa shape index (κ2) is 7.88. The van der Waals surface area contributed by atoms with Crippen LogP contribution in [0.25, 0.3) is 0 Å². The maximum atomic E-state index is 11.6. The van der Waals surface area contributed by atoms with Crippen molar-refractivity contribution in [2.24, 2.45) is 0 Å². The van der Waals surface area contributed by atoms with Crippen LogP contribution in [0.15, 0.2) is 24.5 Å². The summed E-state index contributed by atoms with van der Waals surface area (Å²) in [6.45, 7) is 1.77. The molecule has 0 aromatic carbocycles. The number of nitrogens with zero attached hydrogens (tertiary/aromatic N) is 1. The lowest BCUT2D eigenvalue weighted by atomic mass is 10.1. The fourth-order valence-electron chi connectivity index (χ4n) is 1.54. The van der Waals surface area contributed by atoms with Gasteiger partial charge in [0.1, 0.15) is 0 Å². The topological polar surface area (TPSA) is 108 Å². The van der Waals surface area contributed by atoms with Crippen LogP contribution in [0.3, 0.4) is 0 Å². The molecule has 3 N–H and O–H groups in total. The van der Waals surface area contributed by atoms with Gasteiger partial charge in [-0.3, -0.25) is 19.9 Å². The maximum absolute atomic E-state index is 11.6. The van der Waals surface area contributed by atoms with E-state index in [2.05, 4.69) is 15.6 Å². The number of hydrogen-bond acceptors (Lipinski definition) is 4. The second-order valence-electron chi connectivity index (χ2n) is 4.28. The largest absolute Gasteiger partial charge is 0.481 e. The number of imide groups is 1. The van der Waals surface area contributed by atoms with E-state index in [0.717, 1.165) is 5.56 Å². The Kier molecular flexibility index (Phi) is 6.15. The van der Waals surface area contributed by atoms with Gasteiger partial charge in [0.2, 0.25) is 5.91 Å². The zero-order chi connectivity index (χ0) is 15.0. The molecule has 0 aliphatic heterocycles. The third-order valence-corrected chi connectivity index (χ3v) is 2.58. The molecule has 1 heterocycles. The van der Waals surface area contributed by atoms with Gasteiger partial charge in [-0.05, 0) is 25.0 Å². The molecule has 7 nitrogen and oxygen atoms in total. The Balaban J connectivity index is 2.32. The highest BCUT2D eigenvalue weighted by molar-refractivity contribution is 5.94. The van der Waals surface area contributed by atoms with Crippen LogP contribution in [0.2, 0.25) is 0 Å². The fraction of sp³-hybridized carbons (Fsp3) is 0.385. The lowest BCUT2D eigenvalue weighted by molar-refractivity contribution is -0.137. The van der Waals surface area contributed by atoms with Crippen LogP contribution in [0.4, 0.5) is 4.79 Å². The van der Waals surface area contributed by atoms with E-state index in [9.17, 15) is 14.4 Å². The van der Waals surface area contributed by atoms with Gasteiger partial charge in [0.25, 0.3) is 0 Å². The summed E-state index contributed by atoms with van der Waals surface area (Å²) in [6, 6.07) is 2.67. The van der Waals surface area contributed by atoms with Crippen LogP contribution in [0.1, 0.15) is 37.8 Å². The Morgan fingerprint density at radius 2 is 2.10 bits per heavy atom. The van der Waals surface area contributed by atoms with Crippen LogP contribution in [0.5, 0.6) is 0 Å². The van der Waals surface area contributed by atoms with E-state index >= 15 is 0 Å². The summed E-state index contributed by atoms with van der Waals surface area (Å²) in [5, 5.41) is 13.2. The number of carboxylic acid groups (broad SMARTS) is 1. The first-order valence-corrected chi connectivity index (χ1v) is 6.21. The Bertz CT molecular complexity index is 476. The quantitative estimate of drug-likeness (QED) is 0.725. The summed E-state index contributed by atoms with van der Waals surface area (Å²) >= 11 is 0. The van der Waals surface area contributed by atoms with Crippen molar-refractivity contribution in [2.45, 2.75) is 32.2 Å². The molecule has 0 aliphatic rings. The number of carbonyl (C=O) groups excluding carboxylic acids is 2. The predicted molar refractivity (Wildman–Crippen MR) is 70.8 cm³/mol. The normalized spacial score (nSPS) is 11.4. The van der Waals surface area contributed by atoms with Gasteiger partial charge < -0.3 is 10.4 Å². The molecule has 1 rings (SSSR count). The predicted octanol–water partition coefficient (Wildman–Crippen LogP) is 1.22. The number of nitrogens with one attached hydrogen (secondary N) is 2. The average Bonchev–Trinajstić information content (AvgIpc) is 2.38. The number of pyridine rings is 1. The monoisotopic (exact) mass is 279 g/mol. The second-order valence-corrected chi connectivity index (χ2v) is 4.28. The molecule has 0 radical (unpaired) electrons. The molecule has 0 spiro atoms. The molecule has 3 amide bonds. The van der Waals surface area contributed by atoms with Crippen molar-refractivity contribution < 1.29 is 19.5 Å². The minimum Gasteiger partial charge on any atom is -0.481 e. The van der Waals surface area contributed by atoms with E-state index in [4.69, 9.17) is 5.11 Å². The SMILES string of the molecule is CC(NC(=O)NC(=O)CCCC(=O)O)c1cccnc1. The number of carboxylic acids is 1. The molecule has 1 unspecified atom stereocenters. The summed E-state index contributed by atoms with van der Waals surface area (Å²) in [7, 11) is 0. The Hall–Kier alpha value is -2.44. The van der Waals surface area contributed by atoms with E-state index in [0.29, 0.717) is 0 Å². The van der Waals surface area contributed by atoms with Crippen molar-refractivity contribution in [1.29, 1.82) is 0 Å². The lowest BCUT2D eigenvalue weighted by Crippen LogP contribution is -2.40. The summed E-state index contributed by atoms with van der Waals surface area (Å²) < 4.78 is 0. The van der Waals surface area contributed by atoms with Gasteiger partial charge in [0, 0.05) is 25.2 Å². The van der Waals surface area contributed by atoms with Gasteiger partial charge in [-0.25, -0.2) is 4.79 Å². The lowest BCUT2D eigenvalue weighted by Gasteiger charge is -2.13. The maximum Gasteiger partial charge on any atom is 0.321 e. The van der Waals surface area contributed by atoms with Crippen molar-refractivity contribution in [1.82, 2.24) is 15.6 Å². The van der Waals surface area contributed by atoms with Gasteiger partial charge in [0.15, 0.2) is 0 Å². The molecule has 7 heteroatoms. The summed E-state index contributed by atoms with van der Waals surface area (Å²) in [6.07, 6.45) is 3.36. The van der Waals surface area contributed by atoms with Crippen molar-refractivity contribution in [3.63, 3.8) is 0 Å². The molecule has 20 heavy (non-hydrogen) atoms. The molecule has 0 bridgehead atoms. The minimum atomic E-state index is -0.965. The smallest absolute Gasteiger partial charge is 0.321 e. The van der Waals surface area contributed by atoms with Crippen LogP contribution >= 0.6 is 0 Å². The molecule has 1 aromatic heterocycles. The van der Waals surface area contributed by atoms with Crippen molar-refractivity contribution in [3.8, 4) is 0 Å². The van der Waals surface area contributed by atoms with Crippen molar-refractivity contribution in [3.05, 3.63) is 30.1 Å². The van der Waals surface area contributed by atoms with Gasteiger partial charge in [-0.2, -0.15) is 0 Å². The van der Waals surface area contributed by atoms with Gasteiger partial charge in [-0.1, -0.05) is 6.07 Å². The highest BCUT2D eigenvalue weighted by Crippen LogP contribution is 2.09. The first-order valence-electron chi connectivity index (χ1n) is 6.21. The highest BCUT2D eigenvalue weighted by atomic mass is 16.4. The molecule has 0 saturated carbocycles. The third-order valence-electron chi connectivity index (χ3n) is 2.58. The number of carbonyl (C=O) groups is 3. The zero-order valence-corrected chi connectivity index (χ0v) is 11.1. The Morgan fingerprint density at radius 1 is 1.35 bits per heavy atom. The van der Waals surface area contributed by atoms with Crippen molar-refractivity contribution >= 4 is 17.9 Å². The average molecular weight is 279 g/mol. The van der Waals surface area contributed by atoms with Crippen LogP contribution in [-0.4, -0.2) is 28.0 Å². The van der Waals surface area contributed by atoms with Gasteiger partial charge in [-0.15, -0.1) is 0 Å². The minimum absolute atomic E-state index is 0.000986. The van der Waals surface area contributed by atoms with E-state index in [-0.39, 0.29) is 25.3 Å². The van der Waals surface area contributed by atoms with E-state index < -0.39 is 17.9 Å². The molecule has 108 valence electrons. The van der Waals surface area contributed by atoms with E-state index in [1.54, 1.807) is 25.4 Å². The number of aromatic nitrogens is 1. The summed E-state index contributed by atoms with van der Waals surface area (Å²) in [4.78, 5) is 37.2. The van der Waals surface area contributed by atoms with Crippen LogP contribution in [-0.2, 0) is 9.59 Å². The van der Waals surface area contributed by atoms with Gasteiger partial charge in [0.05, 0.1) is 6.04 Å². The Labute approximate surface area is 116 Å². The molecular formula is C13H17N3O4. The molecule has 0 aliphatic carbocycles. The number of amides is 3. The number of rotatable bonds is 6. The number of urea groups is 1. The van der Waals surface area contributed by atoms with Crippen LogP contribution < -0.4 is 10.6 Å². The third kappa shape index (κ3) is 5.94. The molecule has 1 atom stereocenters. The van der Waals surface area contributed by atoms with E-state index in [1.807, 2.05) is 6.07 Å². The van der Waals surface area contributed by atoms with Gasteiger partial charge >= 0.3 is 12.0 Å². The fourth-order valence-corrected chi connectivity index (χ4v) is 1.54. The van der Waals surface area contributed by atoms with E-state index in [1.165, 1.54) is 0 Å². The summed E-state index contributed by atoms with van der Waals surface area (Å²) in [5.41, 5.74) is 0.820. The first-order chi connectivity index (χ1) is 9.49. The Morgan fingerprint density at radius 3 is 2.70 bits per heavy atom. The first kappa shape index (κ1) is 15.6. The van der Waals surface area contributed by atoms with Crippen LogP contribution in [0, 0.1) is 0 Å². The number of aliphatic carboxylic acids is 1. The molecular weight excluding hydrogens is 262 g/mol. The summed E-state index contributed by atoms with van der Waals surface area (Å²) in [5.74, 6) is -1.46. The standard InChI is InChI=1S/C13H17N3O4/c1-9(10-4-3-7-14-8-10)15-13(20)16-11(17)5-2-6-12(18)19/h3-4,7-9H,2,5-6H2,1H3,(H,18,19)(H2,15,16,17,20). The molecule has 1 aromatic rings. The van der Waals surface area contributed by atoms with Crippen molar-refractivity contribution in [2.75, 3.05) is 0 Å². The molecule has 0 saturated heterocycles. The number of hydrogen-bond donors (Lipinski definition) is 3. The molecule has 0 fully saturated rings. The zero-order valence-electron chi connectivity index (χ0n) is 11.1. The highest BCUT2D eigenvalue weighted by Gasteiger charge is 2.12.